The number of anilines is 1. The Morgan fingerprint density at radius 3 is 3.00 bits per heavy atom. The third kappa shape index (κ3) is 3.36. The lowest BCUT2D eigenvalue weighted by Crippen LogP contribution is -2.31. The molecular weight excluding hydrogens is 234 g/mol. The van der Waals surface area contributed by atoms with Crippen LogP contribution < -0.4 is 11.1 Å². The predicted molar refractivity (Wildman–Crippen MR) is 71.0 cm³/mol. The van der Waals surface area contributed by atoms with E-state index in [1.54, 1.807) is 12.3 Å². The molecule has 1 aromatic heterocycles. The van der Waals surface area contributed by atoms with Crippen LogP contribution in [0.15, 0.2) is 18.5 Å². The zero-order valence-electron chi connectivity index (χ0n) is 9.69. The van der Waals surface area contributed by atoms with Gasteiger partial charge >= 0.3 is 0 Å². The molecule has 0 aromatic carbocycles. The summed E-state index contributed by atoms with van der Waals surface area (Å²) in [6.45, 7) is 0.744. The van der Waals surface area contributed by atoms with Crippen molar-refractivity contribution in [3.63, 3.8) is 0 Å². The van der Waals surface area contributed by atoms with Crippen LogP contribution in [-0.2, 0) is 0 Å². The number of thioether (sulfide) groups is 1. The molecule has 0 aliphatic carbocycles. The number of nitrogens with zero attached hydrogens (tertiary/aromatic N) is 1. The van der Waals surface area contributed by atoms with Gasteiger partial charge in [0.15, 0.2) is 0 Å². The van der Waals surface area contributed by atoms with E-state index in [4.69, 9.17) is 5.73 Å². The number of carbonyl (C=O) groups excluding carboxylic acids is 1. The Kier molecular flexibility index (Phi) is 4.25. The van der Waals surface area contributed by atoms with Gasteiger partial charge in [0.1, 0.15) is 0 Å². The first-order chi connectivity index (χ1) is 8.27. The number of aromatic nitrogens is 1. The monoisotopic (exact) mass is 251 g/mol. The van der Waals surface area contributed by atoms with Crippen molar-refractivity contribution in [3.8, 4) is 0 Å². The molecule has 4 nitrogen and oxygen atoms in total. The summed E-state index contributed by atoms with van der Waals surface area (Å²) in [4.78, 5) is 15.8. The highest BCUT2D eigenvalue weighted by molar-refractivity contribution is 7.99. The highest BCUT2D eigenvalue weighted by atomic mass is 32.2. The van der Waals surface area contributed by atoms with Crippen molar-refractivity contribution in [2.75, 3.05) is 23.8 Å². The van der Waals surface area contributed by atoms with E-state index >= 15 is 0 Å². The van der Waals surface area contributed by atoms with Gasteiger partial charge in [-0.3, -0.25) is 9.78 Å². The minimum absolute atomic E-state index is 0.117. The Balaban J connectivity index is 1.87. The molecule has 0 saturated carbocycles. The summed E-state index contributed by atoms with van der Waals surface area (Å²) < 4.78 is 0. The molecule has 5 heteroatoms. The Labute approximate surface area is 105 Å². The molecule has 1 aliphatic rings. The minimum Gasteiger partial charge on any atom is -0.398 e. The van der Waals surface area contributed by atoms with E-state index in [9.17, 15) is 4.79 Å². The summed E-state index contributed by atoms with van der Waals surface area (Å²) in [5.74, 6) is 2.90. The molecular formula is C12H17N3OS. The van der Waals surface area contributed by atoms with Crippen molar-refractivity contribution in [1.82, 2.24) is 10.3 Å². The second kappa shape index (κ2) is 5.91. The molecule has 0 atom stereocenters. The van der Waals surface area contributed by atoms with Gasteiger partial charge in [0.25, 0.3) is 5.91 Å². The molecule has 0 spiro atoms. The number of pyridine rings is 1. The topological polar surface area (TPSA) is 68.0 Å². The fourth-order valence-electron chi connectivity index (χ4n) is 1.88. The molecule has 17 heavy (non-hydrogen) atoms. The number of hydrogen-bond donors (Lipinski definition) is 2. The van der Waals surface area contributed by atoms with Gasteiger partial charge in [-0.2, -0.15) is 11.8 Å². The lowest BCUT2D eigenvalue weighted by Gasteiger charge is -2.21. The van der Waals surface area contributed by atoms with Gasteiger partial charge in [0.05, 0.1) is 5.56 Å². The van der Waals surface area contributed by atoms with Gasteiger partial charge in [-0.15, -0.1) is 0 Å². The second-order valence-electron chi connectivity index (χ2n) is 4.23. The largest absolute Gasteiger partial charge is 0.398 e. The van der Waals surface area contributed by atoms with Gasteiger partial charge in [0.2, 0.25) is 0 Å². The van der Waals surface area contributed by atoms with Gasteiger partial charge < -0.3 is 11.1 Å². The van der Waals surface area contributed by atoms with Crippen LogP contribution in [-0.4, -0.2) is 28.9 Å². The van der Waals surface area contributed by atoms with E-state index in [0.29, 0.717) is 17.2 Å². The van der Waals surface area contributed by atoms with Crippen molar-refractivity contribution in [3.05, 3.63) is 24.0 Å². The summed E-state index contributed by atoms with van der Waals surface area (Å²) in [7, 11) is 0. The predicted octanol–water partition coefficient (Wildman–Crippen LogP) is 1.54. The summed E-state index contributed by atoms with van der Waals surface area (Å²) in [5, 5.41) is 2.94. The maximum Gasteiger partial charge on any atom is 0.254 e. The number of carbonyl (C=O) groups is 1. The van der Waals surface area contributed by atoms with E-state index in [1.807, 2.05) is 11.8 Å². The summed E-state index contributed by atoms with van der Waals surface area (Å²) in [6.07, 6.45) is 5.48. The second-order valence-corrected chi connectivity index (χ2v) is 5.45. The Morgan fingerprint density at radius 2 is 2.29 bits per heavy atom. The normalized spacial score (nSPS) is 16.7. The van der Waals surface area contributed by atoms with Gasteiger partial charge in [-0.05, 0) is 36.3 Å². The van der Waals surface area contributed by atoms with Crippen molar-refractivity contribution in [2.24, 2.45) is 5.92 Å². The molecule has 1 saturated heterocycles. The average molecular weight is 251 g/mol. The molecule has 0 bridgehead atoms. The van der Waals surface area contributed by atoms with E-state index in [-0.39, 0.29) is 5.91 Å². The lowest BCUT2D eigenvalue weighted by atomic mass is 10.0. The van der Waals surface area contributed by atoms with Crippen LogP contribution in [0.2, 0.25) is 0 Å². The average Bonchev–Trinajstić information content (AvgIpc) is 2.38. The Hall–Kier alpha value is -1.23. The maximum absolute atomic E-state index is 11.9. The fourth-order valence-corrected chi connectivity index (χ4v) is 3.08. The molecule has 1 amide bonds. The smallest absolute Gasteiger partial charge is 0.254 e. The fraction of sp³-hybridized carbons (Fsp3) is 0.500. The quantitative estimate of drug-likeness (QED) is 0.855. The zero-order valence-corrected chi connectivity index (χ0v) is 10.5. The van der Waals surface area contributed by atoms with Crippen LogP contribution in [0, 0.1) is 5.92 Å². The molecule has 1 fully saturated rings. The molecule has 0 radical (unpaired) electrons. The molecule has 92 valence electrons. The number of amides is 1. The van der Waals surface area contributed by atoms with E-state index < -0.39 is 0 Å². The van der Waals surface area contributed by atoms with Crippen molar-refractivity contribution in [2.45, 2.75) is 12.8 Å². The van der Waals surface area contributed by atoms with Crippen molar-refractivity contribution in [1.29, 1.82) is 0 Å². The van der Waals surface area contributed by atoms with Crippen LogP contribution in [0.1, 0.15) is 23.2 Å². The van der Waals surface area contributed by atoms with Gasteiger partial charge in [-0.1, -0.05) is 0 Å². The van der Waals surface area contributed by atoms with Gasteiger partial charge in [0, 0.05) is 24.6 Å². The van der Waals surface area contributed by atoms with Crippen molar-refractivity contribution < 1.29 is 4.79 Å². The third-order valence-corrected chi connectivity index (χ3v) is 4.04. The first-order valence-electron chi connectivity index (χ1n) is 5.83. The lowest BCUT2D eigenvalue weighted by molar-refractivity contribution is 0.0947. The number of rotatable bonds is 3. The Morgan fingerprint density at radius 1 is 1.53 bits per heavy atom. The number of nitrogens with two attached hydrogens (primary N) is 1. The zero-order chi connectivity index (χ0) is 12.1. The molecule has 0 unspecified atom stereocenters. The van der Waals surface area contributed by atoms with E-state index in [2.05, 4.69) is 10.3 Å². The molecule has 3 N–H and O–H groups in total. The Bertz CT molecular complexity index is 391. The summed E-state index contributed by atoms with van der Waals surface area (Å²) in [6, 6.07) is 1.65. The van der Waals surface area contributed by atoms with Crippen LogP contribution in [0.3, 0.4) is 0 Å². The summed E-state index contributed by atoms with van der Waals surface area (Å²) >= 11 is 1.99. The highest BCUT2D eigenvalue weighted by Gasteiger charge is 2.16. The summed E-state index contributed by atoms with van der Waals surface area (Å²) in [5.41, 5.74) is 6.68. The van der Waals surface area contributed by atoms with Crippen molar-refractivity contribution >= 4 is 23.4 Å². The molecule has 2 rings (SSSR count). The first-order valence-corrected chi connectivity index (χ1v) is 6.98. The van der Waals surface area contributed by atoms with E-state index in [0.717, 1.165) is 6.54 Å². The third-order valence-electron chi connectivity index (χ3n) is 2.99. The standard InChI is InChI=1S/C12H17N3OS/c13-11-1-4-14-8-10(11)12(16)15-7-9-2-5-17-6-3-9/h1,4,8-9H,2-3,5-7H2,(H2,13,14)(H,15,16). The highest BCUT2D eigenvalue weighted by Crippen LogP contribution is 2.22. The maximum atomic E-state index is 11.9. The van der Waals surface area contributed by atoms with Gasteiger partial charge in [-0.25, -0.2) is 0 Å². The number of nitrogen functional groups attached to an aromatic ring is 1. The minimum atomic E-state index is -0.117. The van der Waals surface area contributed by atoms with E-state index in [1.165, 1.54) is 30.5 Å². The molecule has 2 heterocycles. The first kappa shape index (κ1) is 12.2. The molecule has 1 aromatic rings. The van der Waals surface area contributed by atoms with Crippen LogP contribution in [0.5, 0.6) is 0 Å². The molecule has 1 aliphatic heterocycles. The van der Waals surface area contributed by atoms with Crippen LogP contribution >= 0.6 is 11.8 Å². The number of hydrogen-bond acceptors (Lipinski definition) is 4. The number of nitrogens with one attached hydrogen (secondary N) is 1. The van der Waals surface area contributed by atoms with Crippen LogP contribution in [0.4, 0.5) is 5.69 Å². The van der Waals surface area contributed by atoms with Crippen LogP contribution in [0.25, 0.3) is 0 Å². The SMILES string of the molecule is Nc1ccncc1C(=O)NCC1CCSCC1.